The summed E-state index contributed by atoms with van der Waals surface area (Å²) in [5, 5.41) is 0. The van der Waals surface area contributed by atoms with Gasteiger partial charge in [0.15, 0.2) is 5.96 Å². The van der Waals surface area contributed by atoms with Crippen molar-refractivity contribution in [2.24, 2.45) is 15.9 Å². The van der Waals surface area contributed by atoms with Crippen molar-refractivity contribution in [3.63, 3.8) is 0 Å². The molecule has 5 heteroatoms. The van der Waals surface area contributed by atoms with Gasteiger partial charge in [0.1, 0.15) is 0 Å². The lowest BCUT2D eigenvalue weighted by molar-refractivity contribution is 0.704. The van der Waals surface area contributed by atoms with E-state index in [4.69, 9.17) is 11.5 Å². The van der Waals surface area contributed by atoms with Crippen LogP contribution in [-0.4, -0.2) is 24.4 Å². The molecule has 0 heterocycles. The van der Waals surface area contributed by atoms with E-state index in [1.807, 2.05) is 14.1 Å². The van der Waals surface area contributed by atoms with Crippen molar-refractivity contribution in [3.8, 4) is 0 Å². The highest BCUT2D eigenvalue weighted by atomic mass is 32.2. The summed E-state index contributed by atoms with van der Waals surface area (Å²) in [4.78, 5) is 0. The predicted molar refractivity (Wildman–Crippen MR) is 37.1 cm³/mol. The van der Waals surface area contributed by atoms with Crippen molar-refractivity contribution in [1.29, 1.82) is 0 Å². The van der Waals surface area contributed by atoms with E-state index in [0.29, 0.717) is 0 Å². The molecular formula is C3H10N4S. The van der Waals surface area contributed by atoms with Gasteiger partial charge in [-0.15, -0.1) is 0 Å². The molecule has 0 spiro atoms. The minimum absolute atomic E-state index is 0.101. The molecule has 0 atom stereocenters. The minimum atomic E-state index is 0.101. The molecule has 0 aromatic heterocycles. The van der Waals surface area contributed by atoms with Crippen molar-refractivity contribution >= 4 is 18.1 Å². The lowest BCUT2D eigenvalue weighted by Gasteiger charge is -2.00. The van der Waals surface area contributed by atoms with Crippen LogP contribution in [0.2, 0.25) is 0 Å². The molecule has 0 rings (SSSR count). The molecule has 0 amide bonds. The third-order valence-electron chi connectivity index (χ3n) is 0.310. The van der Waals surface area contributed by atoms with Crippen molar-refractivity contribution in [1.82, 2.24) is 4.31 Å². The predicted octanol–water partition coefficient (Wildman–Crippen LogP) is -0.615. The highest BCUT2D eigenvalue weighted by Gasteiger charge is 1.84. The normalized spacial score (nSPS) is 9.38. The second-order valence-corrected chi connectivity index (χ2v) is 2.49. The summed E-state index contributed by atoms with van der Waals surface area (Å²) in [5.74, 6) is 0.101. The van der Waals surface area contributed by atoms with Crippen LogP contribution in [0.1, 0.15) is 0 Å². The molecule has 0 fully saturated rings. The summed E-state index contributed by atoms with van der Waals surface area (Å²) < 4.78 is 5.43. The van der Waals surface area contributed by atoms with E-state index < -0.39 is 0 Å². The number of guanidine groups is 1. The smallest absolute Gasteiger partial charge is 0.199 e. The Hall–Kier alpha value is -0.420. The molecule has 0 aromatic rings. The first-order chi connectivity index (χ1) is 3.63. The maximum absolute atomic E-state index is 5.02. The fourth-order valence-corrected chi connectivity index (χ4v) is 0.386. The molecule has 0 saturated heterocycles. The zero-order chi connectivity index (χ0) is 6.57. The maximum Gasteiger partial charge on any atom is 0.199 e. The quantitative estimate of drug-likeness (QED) is 0.300. The molecule has 48 valence electrons. The van der Waals surface area contributed by atoms with Gasteiger partial charge in [-0.25, -0.2) is 4.31 Å². The molecule has 0 aliphatic carbocycles. The van der Waals surface area contributed by atoms with Gasteiger partial charge >= 0.3 is 0 Å². The Kier molecular flexibility index (Phi) is 3.38. The average Bonchev–Trinajstić information content (AvgIpc) is 1.61. The van der Waals surface area contributed by atoms with Crippen LogP contribution in [0.15, 0.2) is 4.40 Å². The first-order valence-electron chi connectivity index (χ1n) is 2.06. The van der Waals surface area contributed by atoms with Gasteiger partial charge in [0.05, 0.1) is 12.1 Å². The highest BCUT2D eigenvalue weighted by molar-refractivity contribution is 7.95. The van der Waals surface area contributed by atoms with Gasteiger partial charge in [0.25, 0.3) is 0 Å². The highest BCUT2D eigenvalue weighted by Crippen LogP contribution is 2.01. The largest absolute Gasteiger partial charge is 0.369 e. The SMILES string of the molecule is CN(C)SN=C(N)N. The van der Waals surface area contributed by atoms with Gasteiger partial charge < -0.3 is 11.5 Å². The molecule has 0 aliphatic heterocycles. The third kappa shape index (κ3) is 5.58. The van der Waals surface area contributed by atoms with Crippen molar-refractivity contribution < 1.29 is 0 Å². The van der Waals surface area contributed by atoms with E-state index in [0.717, 1.165) is 0 Å². The van der Waals surface area contributed by atoms with Crippen molar-refractivity contribution in [2.45, 2.75) is 0 Å². The van der Waals surface area contributed by atoms with Gasteiger partial charge in [0.2, 0.25) is 0 Å². The second-order valence-electron chi connectivity index (χ2n) is 1.41. The van der Waals surface area contributed by atoms with Crippen LogP contribution in [0.25, 0.3) is 0 Å². The second kappa shape index (κ2) is 3.57. The van der Waals surface area contributed by atoms with E-state index in [1.54, 1.807) is 4.31 Å². The van der Waals surface area contributed by atoms with Crippen LogP contribution in [0, 0.1) is 0 Å². The van der Waals surface area contributed by atoms with Crippen LogP contribution >= 0.6 is 12.1 Å². The number of hydrogen-bond acceptors (Lipinski definition) is 3. The standard InChI is InChI=1S/C3H10N4S/c1-7(2)8-6-3(4)5/h1-2H3,(H4,4,5,6). The molecule has 0 bridgehead atoms. The molecule has 0 unspecified atom stereocenters. The Labute approximate surface area is 53.2 Å². The Morgan fingerprint density at radius 3 is 2.12 bits per heavy atom. The molecule has 4 nitrogen and oxygen atoms in total. The average molecular weight is 134 g/mol. The summed E-state index contributed by atoms with van der Waals surface area (Å²) in [6.45, 7) is 0. The topological polar surface area (TPSA) is 67.6 Å². The number of hydrogen-bond donors (Lipinski definition) is 2. The first-order valence-corrected chi connectivity index (χ1v) is 2.79. The fourth-order valence-electron chi connectivity index (χ4n) is 0.129. The molecule has 0 radical (unpaired) electrons. The molecule has 0 aromatic carbocycles. The lowest BCUT2D eigenvalue weighted by atomic mass is 11.1. The van der Waals surface area contributed by atoms with Gasteiger partial charge in [-0.2, -0.15) is 4.40 Å². The number of nitrogens with zero attached hydrogens (tertiary/aromatic N) is 2. The Morgan fingerprint density at radius 1 is 1.50 bits per heavy atom. The third-order valence-corrected chi connectivity index (χ3v) is 0.929. The maximum atomic E-state index is 5.02. The molecule has 8 heavy (non-hydrogen) atoms. The lowest BCUT2D eigenvalue weighted by Crippen LogP contribution is -2.22. The fraction of sp³-hybridized carbons (Fsp3) is 0.667. The summed E-state index contributed by atoms with van der Waals surface area (Å²) in [5.41, 5.74) is 10.0. The zero-order valence-corrected chi connectivity index (χ0v) is 5.77. The van der Waals surface area contributed by atoms with Crippen LogP contribution in [-0.2, 0) is 0 Å². The van der Waals surface area contributed by atoms with Crippen LogP contribution < -0.4 is 11.5 Å². The minimum Gasteiger partial charge on any atom is -0.369 e. The summed E-state index contributed by atoms with van der Waals surface area (Å²) in [6.07, 6.45) is 0. The van der Waals surface area contributed by atoms with Crippen LogP contribution in [0.4, 0.5) is 0 Å². The number of rotatable bonds is 2. The van der Waals surface area contributed by atoms with Gasteiger partial charge in [-0.05, 0) is 14.1 Å². The van der Waals surface area contributed by atoms with Crippen molar-refractivity contribution in [3.05, 3.63) is 0 Å². The van der Waals surface area contributed by atoms with Gasteiger partial charge in [0, 0.05) is 0 Å². The van der Waals surface area contributed by atoms with E-state index in [2.05, 4.69) is 4.40 Å². The number of nitrogens with two attached hydrogens (primary N) is 2. The first kappa shape index (κ1) is 7.58. The van der Waals surface area contributed by atoms with E-state index >= 15 is 0 Å². The van der Waals surface area contributed by atoms with Crippen LogP contribution in [0.5, 0.6) is 0 Å². The Morgan fingerprint density at radius 2 is 2.00 bits per heavy atom. The summed E-state index contributed by atoms with van der Waals surface area (Å²) >= 11 is 1.21. The van der Waals surface area contributed by atoms with Crippen molar-refractivity contribution in [2.75, 3.05) is 14.1 Å². The Balaban J connectivity index is 3.29. The van der Waals surface area contributed by atoms with E-state index in [-0.39, 0.29) is 5.96 Å². The summed E-state index contributed by atoms with van der Waals surface area (Å²) in [7, 11) is 3.72. The summed E-state index contributed by atoms with van der Waals surface area (Å²) in [6, 6.07) is 0. The van der Waals surface area contributed by atoms with Crippen LogP contribution in [0.3, 0.4) is 0 Å². The molecule has 4 N–H and O–H groups in total. The Bertz CT molecular complexity index is 85.3. The molecular weight excluding hydrogens is 124 g/mol. The zero-order valence-electron chi connectivity index (χ0n) is 4.96. The van der Waals surface area contributed by atoms with E-state index in [1.165, 1.54) is 12.1 Å². The molecule has 0 saturated carbocycles. The monoisotopic (exact) mass is 134 g/mol. The van der Waals surface area contributed by atoms with Gasteiger partial charge in [-0.3, -0.25) is 0 Å². The molecule has 0 aliphatic rings. The van der Waals surface area contributed by atoms with E-state index in [9.17, 15) is 0 Å². The van der Waals surface area contributed by atoms with Gasteiger partial charge in [-0.1, -0.05) is 0 Å².